The molecule has 2 heterocycles. The van der Waals surface area contributed by atoms with Gasteiger partial charge in [0.2, 0.25) is 5.91 Å². The first kappa shape index (κ1) is 21.3. The van der Waals surface area contributed by atoms with Crippen LogP contribution in [-0.4, -0.2) is 51.2 Å². The van der Waals surface area contributed by atoms with Crippen LogP contribution in [0.1, 0.15) is 23.2 Å². The van der Waals surface area contributed by atoms with Crippen LogP contribution in [0.4, 0.5) is 8.78 Å². The van der Waals surface area contributed by atoms with E-state index in [1.54, 1.807) is 41.3 Å². The van der Waals surface area contributed by atoms with E-state index in [0.29, 0.717) is 54.3 Å². The minimum atomic E-state index is -2.62. The number of benzene rings is 2. The number of nitrogens with one attached hydrogen (secondary N) is 1. The van der Waals surface area contributed by atoms with Gasteiger partial charge in [0.1, 0.15) is 6.54 Å². The topological polar surface area (TPSA) is 67.2 Å². The van der Waals surface area contributed by atoms with Crippen molar-refractivity contribution in [3.63, 3.8) is 0 Å². The van der Waals surface area contributed by atoms with Crippen LogP contribution in [0.5, 0.6) is 0 Å². The first-order valence-electron chi connectivity index (χ1n) is 10.0. The summed E-state index contributed by atoms with van der Waals surface area (Å²) in [5.41, 5.74) is 1.87. The molecule has 31 heavy (non-hydrogen) atoms. The molecule has 0 bridgehead atoms. The predicted octanol–water partition coefficient (Wildman–Crippen LogP) is 3.77. The standard InChI is InChI=1S/C22H22F2N4O2S/c23-21(24)31-22-26-17-8-4-5-9-18(17)28(22)14-19(29)25-16-10-12-27(13-11-16)20(30)15-6-2-1-3-7-15/h1-9,16,21H,10-14H2,(H,25,29). The number of rotatable bonds is 6. The minimum Gasteiger partial charge on any atom is -0.352 e. The van der Waals surface area contributed by atoms with Crippen LogP contribution >= 0.6 is 11.8 Å². The summed E-state index contributed by atoms with van der Waals surface area (Å²) >= 11 is 0.335. The number of fused-ring (bicyclic) bond motifs is 1. The molecule has 0 unspecified atom stereocenters. The number of aromatic nitrogens is 2. The smallest absolute Gasteiger partial charge is 0.291 e. The molecule has 4 rings (SSSR count). The van der Waals surface area contributed by atoms with Gasteiger partial charge in [0.05, 0.1) is 11.0 Å². The quantitative estimate of drug-likeness (QED) is 0.588. The van der Waals surface area contributed by atoms with E-state index in [0.717, 1.165) is 0 Å². The largest absolute Gasteiger partial charge is 0.352 e. The lowest BCUT2D eigenvalue weighted by Gasteiger charge is -2.32. The van der Waals surface area contributed by atoms with E-state index in [1.807, 2.05) is 18.2 Å². The lowest BCUT2D eigenvalue weighted by molar-refractivity contribution is -0.122. The molecular weight excluding hydrogens is 422 g/mol. The third-order valence-electron chi connectivity index (χ3n) is 5.28. The zero-order valence-electron chi connectivity index (χ0n) is 16.7. The minimum absolute atomic E-state index is 0.0103. The highest BCUT2D eigenvalue weighted by Crippen LogP contribution is 2.28. The number of carbonyl (C=O) groups is 2. The van der Waals surface area contributed by atoms with Crippen molar-refractivity contribution in [3.05, 3.63) is 60.2 Å². The Labute approximate surface area is 182 Å². The fourth-order valence-corrected chi connectivity index (χ4v) is 4.38. The average Bonchev–Trinajstić information content (AvgIpc) is 3.10. The molecule has 1 saturated heterocycles. The Morgan fingerprint density at radius 1 is 1.06 bits per heavy atom. The van der Waals surface area contributed by atoms with E-state index < -0.39 is 5.76 Å². The molecule has 0 aliphatic carbocycles. The van der Waals surface area contributed by atoms with Gasteiger partial charge in [-0.25, -0.2) is 4.98 Å². The molecule has 2 aromatic carbocycles. The zero-order valence-corrected chi connectivity index (χ0v) is 17.5. The Morgan fingerprint density at radius 3 is 2.45 bits per heavy atom. The maximum atomic E-state index is 12.9. The Hall–Kier alpha value is -2.94. The molecular formula is C22H22F2N4O2S. The van der Waals surface area contributed by atoms with Crippen molar-refractivity contribution in [2.75, 3.05) is 13.1 Å². The molecule has 3 aromatic rings. The SMILES string of the molecule is O=C(Cn1c(SC(F)F)nc2ccccc21)NC1CCN(C(=O)c2ccccc2)CC1. The van der Waals surface area contributed by atoms with Crippen molar-refractivity contribution in [2.45, 2.75) is 36.3 Å². The molecule has 6 nitrogen and oxygen atoms in total. The van der Waals surface area contributed by atoms with Crippen molar-refractivity contribution >= 4 is 34.6 Å². The highest BCUT2D eigenvalue weighted by molar-refractivity contribution is 7.99. The number of carbonyl (C=O) groups excluding carboxylic acids is 2. The Kier molecular flexibility index (Phi) is 6.50. The normalized spacial score (nSPS) is 14.9. The highest BCUT2D eigenvalue weighted by atomic mass is 32.2. The molecule has 1 fully saturated rings. The van der Waals surface area contributed by atoms with Crippen molar-refractivity contribution in [3.8, 4) is 0 Å². The van der Waals surface area contributed by atoms with Gasteiger partial charge in [-0.3, -0.25) is 9.59 Å². The van der Waals surface area contributed by atoms with Gasteiger partial charge in [0, 0.05) is 24.7 Å². The van der Waals surface area contributed by atoms with E-state index >= 15 is 0 Å². The Morgan fingerprint density at radius 2 is 1.74 bits per heavy atom. The van der Waals surface area contributed by atoms with Crippen LogP contribution in [0.15, 0.2) is 59.8 Å². The fourth-order valence-electron chi connectivity index (χ4n) is 3.78. The molecule has 0 atom stereocenters. The Bertz CT molecular complexity index is 1070. The van der Waals surface area contributed by atoms with Crippen LogP contribution in [0.3, 0.4) is 0 Å². The fraction of sp³-hybridized carbons (Fsp3) is 0.318. The van der Waals surface area contributed by atoms with Crippen molar-refractivity contribution in [1.29, 1.82) is 0 Å². The number of alkyl halides is 2. The number of halogens is 2. The third-order valence-corrected chi connectivity index (χ3v) is 5.98. The monoisotopic (exact) mass is 444 g/mol. The van der Waals surface area contributed by atoms with E-state index in [4.69, 9.17) is 0 Å². The van der Waals surface area contributed by atoms with Crippen molar-refractivity contribution < 1.29 is 18.4 Å². The van der Waals surface area contributed by atoms with Gasteiger partial charge in [0.25, 0.3) is 11.7 Å². The first-order valence-corrected chi connectivity index (χ1v) is 10.9. The predicted molar refractivity (Wildman–Crippen MR) is 115 cm³/mol. The lowest BCUT2D eigenvalue weighted by atomic mass is 10.0. The number of piperidine rings is 1. The molecule has 1 aromatic heterocycles. The van der Waals surface area contributed by atoms with Crippen molar-refractivity contribution in [2.24, 2.45) is 0 Å². The maximum Gasteiger partial charge on any atom is 0.291 e. The van der Waals surface area contributed by atoms with Crippen LogP contribution in [0.2, 0.25) is 0 Å². The maximum absolute atomic E-state index is 12.9. The molecule has 0 saturated carbocycles. The molecule has 0 spiro atoms. The number of amides is 2. The Balaban J connectivity index is 1.36. The summed E-state index contributed by atoms with van der Waals surface area (Å²) in [6.07, 6.45) is 1.29. The summed E-state index contributed by atoms with van der Waals surface area (Å²) in [6, 6.07) is 16.1. The van der Waals surface area contributed by atoms with Gasteiger partial charge in [0.15, 0.2) is 5.16 Å². The number of thioether (sulfide) groups is 1. The van der Waals surface area contributed by atoms with Crippen molar-refractivity contribution in [1.82, 2.24) is 19.8 Å². The van der Waals surface area contributed by atoms with Gasteiger partial charge in [-0.2, -0.15) is 8.78 Å². The van der Waals surface area contributed by atoms with Crippen LogP contribution in [0, 0.1) is 0 Å². The molecule has 9 heteroatoms. The van der Waals surface area contributed by atoms with Crippen LogP contribution < -0.4 is 5.32 Å². The van der Waals surface area contributed by atoms with E-state index in [1.165, 1.54) is 4.57 Å². The number of hydrogen-bond donors (Lipinski definition) is 1. The number of hydrogen-bond acceptors (Lipinski definition) is 4. The van der Waals surface area contributed by atoms with Gasteiger partial charge in [-0.1, -0.05) is 30.3 Å². The summed E-state index contributed by atoms with van der Waals surface area (Å²) in [4.78, 5) is 31.2. The third kappa shape index (κ3) is 5.04. The van der Waals surface area contributed by atoms with E-state index in [2.05, 4.69) is 10.3 Å². The molecule has 2 amide bonds. The van der Waals surface area contributed by atoms with Crippen LogP contribution in [0.25, 0.3) is 11.0 Å². The first-order chi connectivity index (χ1) is 15.0. The molecule has 162 valence electrons. The molecule has 1 aliphatic rings. The summed E-state index contributed by atoms with van der Waals surface area (Å²) in [5, 5.41) is 3.10. The summed E-state index contributed by atoms with van der Waals surface area (Å²) in [6.45, 7) is 1.02. The number of para-hydroxylation sites is 2. The summed E-state index contributed by atoms with van der Waals surface area (Å²) < 4.78 is 27.4. The number of likely N-dealkylation sites (tertiary alicyclic amines) is 1. The molecule has 0 radical (unpaired) electrons. The second kappa shape index (κ2) is 9.47. The molecule has 1 aliphatic heterocycles. The number of nitrogens with zero attached hydrogens (tertiary/aromatic N) is 3. The summed E-state index contributed by atoms with van der Waals surface area (Å²) in [5.74, 6) is -2.89. The number of imidazole rings is 1. The van der Waals surface area contributed by atoms with Gasteiger partial charge in [-0.05, 0) is 48.9 Å². The van der Waals surface area contributed by atoms with E-state index in [-0.39, 0.29) is 29.6 Å². The second-order valence-electron chi connectivity index (χ2n) is 7.35. The average molecular weight is 445 g/mol. The second-order valence-corrected chi connectivity index (χ2v) is 8.30. The highest BCUT2D eigenvalue weighted by Gasteiger charge is 2.25. The zero-order chi connectivity index (χ0) is 21.8. The van der Waals surface area contributed by atoms with Crippen LogP contribution in [-0.2, 0) is 11.3 Å². The van der Waals surface area contributed by atoms with E-state index in [9.17, 15) is 18.4 Å². The van der Waals surface area contributed by atoms with Gasteiger partial charge >= 0.3 is 0 Å². The van der Waals surface area contributed by atoms with Gasteiger partial charge in [-0.15, -0.1) is 0 Å². The summed E-state index contributed by atoms with van der Waals surface area (Å²) in [7, 11) is 0. The lowest BCUT2D eigenvalue weighted by Crippen LogP contribution is -2.47. The van der Waals surface area contributed by atoms with Gasteiger partial charge < -0.3 is 14.8 Å². The molecule has 1 N–H and O–H groups in total.